The zero-order valence-electron chi connectivity index (χ0n) is 11.6. The Hall–Kier alpha value is -2.29. The van der Waals surface area contributed by atoms with Crippen molar-refractivity contribution in [2.45, 2.75) is 0 Å². The SMILES string of the molecule is C#CC[NH+](C)CC(=C)c1ccc(Cl)cc1.O=C([O-])C(=O)O. The Morgan fingerprint density at radius 1 is 1.43 bits per heavy atom. The number of likely N-dealkylation sites (N-methyl/N-ethyl adjacent to an activating group) is 1. The number of halogens is 1. The van der Waals surface area contributed by atoms with Crippen molar-refractivity contribution >= 4 is 29.1 Å². The molecule has 0 aromatic heterocycles. The molecule has 0 saturated heterocycles. The van der Waals surface area contributed by atoms with Crippen LogP contribution in [0.1, 0.15) is 5.56 Å². The Kier molecular flexibility index (Phi) is 8.54. The molecular weight excluding hydrogens is 294 g/mol. The molecule has 21 heavy (non-hydrogen) atoms. The largest absolute Gasteiger partial charge is 0.539 e. The van der Waals surface area contributed by atoms with Crippen LogP contribution in [0.2, 0.25) is 5.02 Å². The van der Waals surface area contributed by atoms with E-state index in [1.165, 1.54) is 4.90 Å². The van der Waals surface area contributed by atoms with E-state index in [-0.39, 0.29) is 0 Å². The van der Waals surface area contributed by atoms with Gasteiger partial charge in [0.25, 0.3) is 0 Å². The lowest BCUT2D eigenvalue weighted by Gasteiger charge is -2.12. The maximum atomic E-state index is 9.04. The average molecular weight is 310 g/mol. The lowest BCUT2D eigenvalue weighted by atomic mass is 10.1. The molecule has 0 saturated carbocycles. The number of nitrogens with one attached hydrogen (secondary N) is 1. The molecule has 1 aromatic carbocycles. The number of carboxylic acid groups (broad SMARTS) is 2. The fourth-order valence-electron chi connectivity index (χ4n) is 1.39. The third-order valence-electron chi connectivity index (χ3n) is 2.35. The summed E-state index contributed by atoms with van der Waals surface area (Å²) in [4.78, 5) is 19.3. The van der Waals surface area contributed by atoms with Gasteiger partial charge in [0.05, 0.1) is 7.05 Å². The number of carbonyl (C=O) groups excluding carboxylic acids is 1. The van der Waals surface area contributed by atoms with Crippen LogP contribution in [-0.4, -0.2) is 37.2 Å². The molecular formula is C15H16ClNO4. The van der Waals surface area contributed by atoms with Gasteiger partial charge in [0.1, 0.15) is 13.1 Å². The minimum atomic E-state index is -2.07. The highest BCUT2D eigenvalue weighted by atomic mass is 35.5. The van der Waals surface area contributed by atoms with E-state index in [2.05, 4.69) is 19.5 Å². The van der Waals surface area contributed by atoms with Gasteiger partial charge in [0, 0.05) is 10.6 Å². The summed E-state index contributed by atoms with van der Waals surface area (Å²) in [5.41, 5.74) is 2.20. The van der Waals surface area contributed by atoms with E-state index in [0.29, 0.717) is 6.54 Å². The molecule has 1 rings (SSSR count). The van der Waals surface area contributed by atoms with Crippen LogP contribution >= 0.6 is 11.6 Å². The number of aliphatic carboxylic acids is 2. The lowest BCUT2D eigenvalue weighted by Crippen LogP contribution is -3.08. The third kappa shape index (κ3) is 8.47. The fraction of sp³-hybridized carbons (Fsp3) is 0.200. The molecule has 1 aromatic rings. The van der Waals surface area contributed by atoms with Crippen molar-refractivity contribution in [3.05, 3.63) is 41.4 Å². The van der Waals surface area contributed by atoms with Gasteiger partial charge in [0.15, 0.2) is 5.97 Å². The number of benzene rings is 1. The van der Waals surface area contributed by atoms with Gasteiger partial charge < -0.3 is 19.9 Å². The summed E-state index contributed by atoms with van der Waals surface area (Å²) in [6.45, 7) is 5.61. The first-order valence-corrected chi connectivity index (χ1v) is 6.28. The Morgan fingerprint density at radius 2 is 1.90 bits per heavy atom. The number of terminal acetylenes is 1. The first-order chi connectivity index (χ1) is 9.77. The molecule has 0 aliphatic carbocycles. The number of hydrogen-bond acceptors (Lipinski definition) is 3. The van der Waals surface area contributed by atoms with Crippen LogP contribution in [0, 0.1) is 12.3 Å². The number of carboxylic acids is 2. The predicted molar refractivity (Wildman–Crippen MR) is 78.6 cm³/mol. The van der Waals surface area contributed by atoms with Gasteiger partial charge in [0.2, 0.25) is 0 Å². The van der Waals surface area contributed by atoms with Gasteiger partial charge in [-0.1, -0.05) is 30.3 Å². The first kappa shape index (κ1) is 18.7. The number of rotatable bonds is 4. The fourth-order valence-corrected chi connectivity index (χ4v) is 1.51. The lowest BCUT2D eigenvalue weighted by molar-refractivity contribution is -0.863. The zero-order valence-corrected chi connectivity index (χ0v) is 12.3. The highest BCUT2D eigenvalue weighted by molar-refractivity contribution is 6.30. The summed E-state index contributed by atoms with van der Waals surface area (Å²) in [6.07, 6.45) is 5.25. The standard InChI is InChI=1S/C13H14ClN.C2H2O4/c1-4-9-15(3)10-11(2)12-5-7-13(14)8-6-12;3-1(4)2(5)6/h1,5-8H,2,9-10H2,3H3;(H,3,4)(H,5,6). The third-order valence-corrected chi connectivity index (χ3v) is 2.60. The van der Waals surface area contributed by atoms with Crippen molar-refractivity contribution in [3.8, 4) is 12.3 Å². The Bertz CT molecular complexity index is 534. The topological polar surface area (TPSA) is 81.9 Å². The molecule has 0 radical (unpaired) electrons. The van der Waals surface area contributed by atoms with Crippen LogP contribution in [0.5, 0.6) is 0 Å². The molecule has 112 valence electrons. The Labute approximate surface area is 128 Å². The maximum Gasteiger partial charge on any atom is 0.351 e. The second-order valence-corrected chi connectivity index (χ2v) is 4.65. The van der Waals surface area contributed by atoms with Crippen LogP contribution in [-0.2, 0) is 9.59 Å². The van der Waals surface area contributed by atoms with E-state index in [0.717, 1.165) is 22.7 Å². The van der Waals surface area contributed by atoms with Crippen molar-refractivity contribution in [1.82, 2.24) is 0 Å². The Morgan fingerprint density at radius 3 is 2.29 bits per heavy atom. The quantitative estimate of drug-likeness (QED) is 0.570. The Balaban J connectivity index is 0.000000567. The molecule has 0 bridgehead atoms. The smallest absolute Gasteiger partial charge is 0.351 e. The van der Waals surface area contributed by atoms with E-state index >= 15 is 0 Å². The van der Waals surface area contributed by atoms with Gasteiger partial charge in [-0.2, -0.15) is 0 Å². The van der Waals surface area contributed by atoms with E-state index in [9.17, 15) is 0 Å². The van der Waals surface area contributed by atoms with Gasteiger partial charge in [-0.15, -0.1) is 6.42 Å². The molecule has 1 unspecified atom stereocenters. The summed E-state index contributed by atoms with van der Waals surface area (Å²) in [6, 6.07) is 7.71. The van der Waals surface area contributed by atoms with Crippen molar-refractivity contribution in [2.75, 3.05) is 20.1 Å². The number of hydrogen-bond donors (Lipinski definition) is 2. The molecule has 5 nitrogen and oxygen atoms in total. The maximum absolute atomic E-state index is 9.04. The zero-order chi connectivity index (χ0) is 16.4. The number of carbonyl (C=O) groups is 2. The molecule has 6 heteroatoms. The van der Waals surface area contributed by atoms with Crippen LogP contribution in [0.15, 0.2) is 30.8 Å². The average Bonchev–Trinajstić information content (AvgIpc) is 2.40. The highest BCUT2D eigenvalue weighted by Crippen LogP contribution is 2.14. The van der Waals surface area contributed by atoms with Crippen molar-refractivity contribution < 1.29 is 24.7 Å². The van der Waals surface area contributed by atoms with Crippen LogP contribution in [0.3, 0.4) is 0 Å². The van der Waals surface area contributed by atoms with Crippen molar-refractivity contribution in [2.24, 2.45) is 0 Å². The van der Waals surface area contributed by atoms with Gasteiger partial charge in [-0.05, 0) is 23.6 Å². The summed E-state index contributed by atoms with van der Waals surface area (Å²) in [7, 11) is 2.06. The molecule has 2 N–H and O–H groups in total. The van der Waals surface area contributed by atoms with Gasteiger partial charge in [-0.3, -0.25) is 0 Å². The van der Waals surface area contributed by atoms with Gasteiger partial charge >= 0.3 is 5.97 Å². The molecule has 0 amide bonds. The highest BCUT2D eigenvalue weighted by Gasteiger charge is 2.05. The molecule has 0 heterocycles. The van der Waals surface area contributed by atoms with E-state index in [4.69, 9.17) is 37.8 Å². The summed E-state index contributed by atoms with van der Waals surface area (Å²) >= 11 is 5.81. The minimum absolute atomic E-state index is 0.715. The van der Waals surface area contributed by atoms with Crippen LogP contribution in [0.25, 0.3) is 5.57 Å². The molecule has 0 aliphatic heterocycles. The van der Waals surface area contributed by atoms with E-state index < -0.39 is 11.9 Å². The van der Waals surface area contributed by atoms with E-state index in [1.807, 2.05) is 24.3 Å². The second-order valence-electron chi connectivity index (χ2n) is 4.22. The van der Waals surface area contributed by atoms with Crippen LogP contribution < -0.4 is 10.0 Å². The molecule has 0 spiro atoms. The summed E-state index contributed by atoms with van der Waals surface area (Å²) in [5, 5.41) is 17.1. The first-order valence-electron chi connectivity index (χ1n) is 5.90. The van der Waals surface area contributed by atoms with Crippen LogP contribution in [0.4, 0.5) is 0 Å². The van der Waals surface area contributed by atoms with E-state index in [1.54, 1.807) is 0 Å². The second kappa shape index (κ2) is 9.59. The molecule has 0 fully saturated rings. The summed E-state index contributed by atoms with van der Waals surface area (Å²) in [5.74, 6) is -1.38. The number of quaternary nitrogens is 1. The van der Waals surface area contributed by atoms with Gasteiger partial charge in [-0.25, -0.2) is 4.79 Å². The van der Waals surface area contributed by atoms with Crippen molar-refractivity contribution in [1.29, 1.82) is 0 Å². The minimum Gasteiger partial charge on any atom is -0.539 e. The monoisotopic (exact) mass is 309 g/mol. The van der Waals surface area contributed by atoms with Crippen molar-refractivity contribution in [3.63, 3.8) is 0 Å². The summed E-state index contributed by atoms with van der Waals surface area (Å²) < 4.78 is 0. The normalized spacial score (nSPS) is 10.5. The molecule has 0 aliphatic rings. The predicted octanol–water partition coefficient (Wildman–Crippen LogP) is -0.678. The molecule has 1 atom stereocenters.